The molecule has 2 heterocycles. The minimum Gasteiger partial charge on any atom is -0.474 e. The first kappa shape index (κ1) is 24.4. The van der Waals surface area contributed by atoms with Crippen LogP contribution in [-0.2, 0) is 11.0 Å². The predicted octanol–water partition coefficient (Wildman–Crippen LogP) is 4.25. The molecule has 2 N–H and O–H groups in total. The van der Waals surface area contributed by atoms with E-state index in [0.29, 0.717) is 11.9 Å². The lowest BCUT2D eigenvalue weighted by Crippen LogP contribution is -2.37. The van der Waals surface area contributed by atoms with Crippen LogP contribution in [0.1, 0.15) is 42.4 Å². The fourth-order valence-electron chi connectivity index (χ4n) is 2.37. The van der Waals surface area contributed by atoms with E-state index < -0.39 is 23.7 Å². The van der Waals surface area contributed by atoms with E-state index in [2.05, 4.69) is 20.6 Å². The van der Waals surface area contributed by atoms with Crippen LogP contribution in [0.3, 0.4) is 0 Å². The van der Waals surface area contributed by atoms with Crippen molar-refractivity contribution in [2.24, 2.45) is 5.92 Å². The first-order chi connectivity index (χ1) is 14.4. The summed E-state index contributed by atoms with van der Waals surface area (Å²) >= 11 is 5.80. The van der Waals surface area contributed by atoms with Crippen LogP contribution < -0.4 is 15.4 Å². The third kappa shape index (κ3) is 7.09. The van der Waals surface area contributed by atoms with Gasteiger partial charge in [-0.3, -0.25) is 9.59 Å². The lowest BCUT2D eigenvalue weighted by molar-refractivity contribution is -0.137. The zero-order valence-electron chi connectivity index (χ0n) is 17.3. The molecule has 0 saturated heterocycles. The van der Waals surface area contributed by atoms with Crippen LogP contribution in [-0.4, -0.2) is 34.4 Å². The van der Waals surface area contributed by atoms with Gasteiger partial charge >= 0.3 is 6.18 Å². The van der Waals surface area contributed by atoms with Crippen molar-refractivity contribution >= 4 is 29.2 Å². The highest BCUT2D eigenvalue weighted by Crippen LogP contribution is 2.33. The van der Waals surface area contributed by atoms with E-state index in [1.165, 1.54) is 6.07 Å². The average molecular weight is 459 g/mol. The number of carbonyl (C=O) groups is 2. The van der Waals surface area contributed by atoms with Crippen LogP contribution in [0.25, 0.3) is 0 Å². The van der Waals surface area contributed by atoms with Gasteiger partial charge in [0.25, 0.3) is 5.91 Å². The number of carbonyl (C=O) groups excluding carboxylic acids is 2. The van der Waals surface area contributed by atoms with Gasteiger partial charge in [0.2, 0.25) is 11.8 Å². The Morgan fingerprint density at radius 1 is 1.19 bits per heavy atom. The van der Waals surface area contributed by atoms with Crippen LogP contribution in [0, 0.1) is 12.8 Å². The third-order valence-electron chi connectivity index (χ3n) is 3.97. The van der Waals surface area contributed by atoms with Crippen LogP contribution >= 0.6 is 11.6 Å². The molecule has 0 spiro atoms. The van der Waals surface area contributed by atoms with Gasteiger partial charge in [0.05, 0.1) is 11.6 Å². The summed E-state index contributed by atoms with van der Waals surface area (Å²) in [5.74, 6) is -0.828. The van der Waals surface area contributed by atoms with E-state index in [1.54, 1.807) is 33.8 Å². The molecule has 11 heteroatoms. The molecule has 7 nitrogen and oxygen atoms in total. The van der Waals surface area contributed by atoms with Crippen LogP contribution in [0.4, 0.5) is 19.0 Å². The largest absolute Gasteiger partial charge is 0.474 e. The Morgan fingerprint density at radius 3 is 2.45 bits per heavy atom. The number of nitrogens with zero attached hydrogens (tertiary/aromatic N) is 2. The maximum Gasteiger partial charge on any atom is 0.417 e. The molecule has 2 amide bonds. The summed E-state index contributed by atoms with van der Waals surface area (Å²) in [5, 5.41) is 5.05. The molecule has 0 aliphatic heterocycles. The molecule has 1 unspecified atom stereocenters. The molecule has 2 aromatic rings. The number of ether oxygens (including phenoxy) is 1. The van der Waals surface area contributed by atoms with Crippen LogP contribution in [0.15, 0.2) is 24.4 Å². The van der Waals surface area contributed by atoms with Crippen molar-refractivity contribution in [3.05, 3.63) is 46.2 Å². The average Bonchev–Trinajstić information content (AvgIpc) is 2.65. The summed E-state index contributed by atoms with van der Waals surface area (Å²) in [6.45, 7) is 6.72. The smallest absolute Gasteiger partial charge is 0.417 e. The van der Waals surface area contributed by atoms with Gasteiger partial charge in [-0.2, -0.15) is 13.2 Å². The highest BCUT2D eigenvalue weighted by Gasteiger charge is 2.31. The predicted molar refractivity (Wildman–Crippen MR) is 109 cm³/mol. The van der Waals surface area contributed by atoms with Gasteiger partial charge in [0.1, 0.15) is 17.4 Å². The fourth-order valence-corrected chi connectivity index (χ4v) is 2.59. The van der Waals surface area contributed by atoms with E-state index in [9.17, 15) is 22.8 Å². The lowest BCUT2D eigenvalue weighted by Gasteiger charge is -2.16. The van der Waals surface area contributed by atoms with E-state index in [-0.39, 0.29) is 40.7 Å². The SMILES string of the molecule is Cc1cc(C(=O)NC(C)COc2ncc(C(F)(F)F)cc2Cl)cc(NC(=O)C(C)C)n1. The number of hydrogen-bond acceptors (Lipinski definition) is 5. The van der Waals surface area contributed by atoms with Gasteiger partial charge in [-0.1, -0.05) is 25.4 Å². The molecule has 1 atom stereocenters. The summed E-state index contributed by atoms with van der Waals surface area (Å²) in [7, 11) is 0. The Kier molecular flexibility index (Phi) is 7.83. The van der Waals surface area contributed by atoms with Gasteiger partial charge in [-0.25, -0.2) is 9.97 Å². The summed E-state index contributed by atoms with van der Waals surface area (Å²) in [5.41, 5.74) is -0.167. The van der Waals surface area contributed by atoms with Crippen LogP contribution in [0.2, 0.25) is 5.02 Å². The molecule has 0 aliphatic carbocycles. The minimum atomic E-state index is -4.56. The highest BCUT2D eigenvalue weighted by molar-refractivity contribution is 6.31. The number of hydrogen-bond donors (Lipinski definition) is 2. The number of anilines is 1. The molecule has 0 aromatic carbocycles. The maximum atomic E-state index is 12.7. The topological polar surface area (TPSA) is 93.2 Å². The van der Waals surface area contributed by atoms with Gasteiger partial charge in [-0.05, 0) is 32.0 Å². The molecule has 0 radical (unpaired) electrons. The Hall–Kier alpha value is -2.88. The Balaban J connectivity index is 2.00. The van der Waals surface area contributed by atoms with E-state index >= 15 is 0 Å². The van der Waals surface area contributed by atoms with Crippen molar-refractivity contribution in [3.8, 4) is 5.88 Å². The number of halogens is 4. The van der Waals surface area contributed by atoms with E-state index in [4.69, 9.17) is 16.3 Å². The molecule has 0 aliphatic rings. The maximum absolute atomic E-state index is 12.7. The second-order valence-electron chi connectivity index (χ2n) is 7.22. The highest BCUT2D eigenvalue weighted by atomic mass is 35.5. The number of aromatic nitrogens is 2. The van der Waals surface area contributed by atoms with Gasteiger partial charge < -0.3 is 15.4 Å². The van der Waals surface area contributed by atoms with Crippen molar-refractivity contribution in [1.82, 2.24) is 15.3 Å². The van der Waals surface area contributed by atoms with Crippen molar-refractivity contribution < 1.29 is 27.5 Å². The van der Waals surface area contributed by atoms with E-state index in [1.807, 2.05) is 0 Å². The summed E-state index contributed by atoms with van der Waals surface area (Å²) in [6.07, 6.45) is -3.94. The molecule has 2 rings (SSSR count). The molecule has 168 valence electrons. The molecular weight excluding hydrogens is 437 g/mol. The number of nitrogens with one attached hydrogen (secondary N) is 2. The first-order valence-corrected chi connectivity index (χ1v) is 9.70. The van der Waals surface area contributed by atoms with Crippen molar-refractivity contribution in [3.63, 3.8) is 0 Å². The molecular formula is C20H22ClF3N4O3. The molecule has 31 heavy (non-hydrogen) atoms. The zero-order chi connectivity index (χ0) is 23.3. The third-order valence-corrected chi connectivity index (χ3v) is 4.24. The monoisotopic (exact) mass is 458 g/mol. The number of rotatable bonds is 7. The van der Waals surface area contributed by atoms with E-state index in [0.717, 1.165) is 6.07 Å². The van der Waals surface area contributed by atoms with Gasteiger partial charge in [0, 0.05) is 23.4 Å². The zero-order valence-corrected chi connectivity index (χ0v) is 18.1. The Morgan fingerprint density at radius 2 is 1.87 bits per heavy atom. The number of pyridine rings is 2. The van der Waals surface area contributed by atoms with Crippen LogP contribution in [0.5, 0.6) is 5.88 Å². The second kappa shape index (κ2) is 9.95. The normalized spacial score (nSPS) is 12.4. The summed E-state index contributed by atoms with van der Waals surface area (Å²) < 4.78 is 43.3. The van der Waals surface area contributed by atoms with Gasteiger partial charge in [-0.15, -0.1) is 0 Å². The number of aryl methyl sites for hydroxylation is 1. The Labute approximate surface area is 182 Å². The summed E-state index contributed by atoms with van der Waals surface area (Å²) in [4.78, 5) is 32.2. The first-order valence-electron chi connectivity index (χ1n) is 9.32. The van der Waals surface area contributed by atoms with Gasteiger partial charge in [0.15, 0.2) is 0 Å². The summed E-state index contributed by atoms with van der Waals surface area (Å²) in [6, 6.07) is 3.21. The number of alkyl halides is 3. The number of amides is 2. The Bertz CT molecular complexity index is 967. The van der Waals surface area contributed by atoms with Crippen molar-refractivity contribution in [2.45, 2.75) is 39.9 Å². The quantitative estimate of drug-likeness (QED) is 0.647. The fraction of sp³-hybridized carbons (Fsp3) is 0.400. The lowest BCUT2D eigenvalue weighted by atomic mass is 10.2. The molecule has 0 fully saturated rings. The van der Waals surface area contributed by atoms with Crippen molar-refractivity contribution in [1.29, 1.82) is 0 Å². The molecule has 2 aromatic heterocycles. The van der Waals surface area contributed by atoms with Crippen molar-refractivity contribution in [2.75, 3.05) is 11.9 Å². The molecule has 0 saturated carbocycles. The minimum absolute atomic E-state index is 0.0785. The molecule has 0 bridgehead atoms. The standard InChI is InChI=1S/C20H22ClF3N4O3/c1-10(2)17(29)28-16-6-13(5-11(3)26-16)18(30)27-12(4)9-31-19-15(21)7-14(8-25-19)20(22,23)24/h5-8,10,12H,9H2,1-4H3,(H,27,30)(H,26,28,29). The second-order valence-corrected chi connectivity index (χ2v) is 7.63.